The number of phenols is 2. The Morgan fingerprint density at radius 2 is 2.05 bits per heavy atom. The lowest BCUT2D eigenvalue weighted by Gasteiger charge is -2.35. The summed E-state index contributed by atoms with van der Waals surface area (Å²) in [6.07, 6.45) is 0. The first-order valence-electron chi connectivity index (χ1n) is 6.79. The molecule has 1 aliphatic rings. The minimum Gasteiger partial charge on any atom is -0.508 e. The molecule has 21 heavy (non-hydrogen) atoms. The van der Waals surface area contributed by atoms with Crippen molar-refractivity contribution in [1.82, 2.24) is 19.9 Å². The maximum absolute atomic E-state index is 9.84. The molecule has 2 heterocycles. The van der Waals surface area contributed by atoms with E-state index in [0.29, 0.717) is 11.4 Å². The highest BCUT2D eigenvalue weighted by Gasteiger charge is 2.28. The highest BCUT2D eigenvalue weighted by Crippen LogP contribution is 2.32. The summed E-state index contributed by atoms with van der Waals surface area (Å²) in [4.78, 5) is 8.77. The van der Waals surface area contributed by atoms with Crippen LogP contribution in [0.4, 0.5) is 0 Å². The van der Waals surface area contributed by atoms with Crippen molar-refractivity contribution in [2.75, 3.05) is 33.7 Å². The molecule has 7 nitrogen and oxygen atoms in total. The van der Waals surface area contributed by atoms with E-state index in [-0.39, 0.29) is 23.4 Å². The molecule has 3 rings (SSSR count). The third kappa shape index (κ3) is 2.70. The highest BCUT2D eigenvalue weighted by atomic mass is 16.5. The van der Waals surface area contributed by atoms with Crippen molar-refractivity contribution in [2.45, 2.75) is 6.04 Å². The summed E-state index contributed by atoms with van der Waals surface area (Å²) >= 11 is 0. The summed E-state index contributed by atoms with van der Waals surface area (Å²) in [5.74, 6) is 0.830. The molecule has 2 N–H and O–H groups in total. The molecule has 0 saturated carbocycles. The van der Waals surface area contributed by atoms with Gasteiger partial charge in [-0.25, -0.2) is 0 Å². The number of likely N-dealkylation sites (N-methyl/N-ethyl adjacent to an activating group) is 2. The van der Waals surface area contributed by atoms with Crippen LogP contribution in [0.1, 0.15) is 11.9 Å². The topological polar surface area (TPSA) is 85.9 Å². The molecule has 2 aromatic rings. The third-order valence-corrected chi connectivity index (χ3v) is 3.80. The van der Waals surface area contributed by atoms with Crippen LogP contribution in [0.25, 0.3) is 11.5 Å². The van der Waals surface area contributed by atoms with Gasteiger partial charge in [-0.1, -0.05) is 5.16 Å². The van der Waals surface area contributed by atoms with Crippen molar-refractivity contribution in [3.8, 4) is 23.0 Å². The van der Waals surface area contributed by atoms with Gasteiger partial charge in [-0.05, 0) is 32.3 Å². The third-order valence-electron chi connectivity index (χ3n) is 3.80. The number of aromatic hydroxyl groups is 2. The molecule has 7 heteroatoms. The van der Waals surface area contributed by atoms with E-state index in [1.165, 1.54) is 18.2 Å². The summed E-state index contributed by atoms with van der Waals surface area (Å²) < 4.78 is 5.25. The lowest BCUT2D eigenvalue weighted by Crippen LogP contribution is -2.45. The largest absolute Gasteiger partial charge is 0.508 e. The van der Waals surface area contributed by atoms with Gasteiger partial charge in [0.15, 0.2) is 5.82 Å². The lowest BCUT2D eigenvalue weighted by molar-refractivity contribution is 0.108. The summed E-state index contributed by atoms with van der Waals surface area (Å²) in [5.41, 5.74) is 0.334. The van der Waals surface area contributed by atoms with E-state index in [2.05, 4.69) is 27.0 Å². The molecule has 0 bridgehead atoms. The molecule has 1 fully saturated rings. The number of hydrogen-bond donors (Lipinski definition) is 2. The minimum atomic E-state index is -0.00267. The van der Waals surface area contributed by atoms with E-state index in [1.807, 2.05) is 7.05 Å². The molecule has 0 aliphatic carbocycles. The second-order valence-electron chi connectivity index (χ2n) is 5.42. The Labute approximate surface area is 122 Å². The zero-order valence-corrected chi connectivity index (χ0v) is 12.0. The van der Waals surface area contributed by atoms with Crippen LogP contribution < -0.4 is 0 Å². The molecular formula is C14H18N4O3. The maximum atomic E-state index is 9.84. The molecule has 0 spiro atoms. The Bertz CT molecular complexity index is 643. The van der Waals surface area contributed by atoms with Gasteiger partial charge in [0.05, 0.1) is 11.6 Å². The van der Waals surface area contributed by atoms with Crippen LogP contribution in [-0.4, -0.2) is 63.9 Å². The van der Waals surface area contributed by atoms with E-state index >= 15 is 0 Å². The van der Waals surface area contributed by atoms with E-state index in [9.17, 15) is 10.2 Å². The van der Waals surface area contributed by atoms with Gasteiger partial charge < -0.3 is 19.6 Å². The first-order chi connectivity index (χ1) is 10.0. The molecule has 1 aliphatic heterocycles. The zero-order valence-electron chi connectivity index (χ0n) is 12.0. The van der Waals surface area contributed by atoms with Gasteiger partial charge in [-0.3, -0.25) is 4.90 Å². The van der Waals surface area contributed by atoms with Crippen molar-refractivity contribution >= 4 is 0 Å². The quantitative estimate of drug-likeness (QED) is 0.800. The van der Waals surface area contributed by atoms with Crippen LogP contribution >= 0.6 is 0 Å². The minimum absolute atomic E-state index is 0.00267. The lowest BCUT2D eigenvalue weighted by atomic mass is 10.1. The van der Waals surface area contributed by atoms with Crippen molar-refractivity contribution < 1.29 is 14.7 Å². The van der Waals surface area contributed by atoms with Gasteiger partial charge in [0.1, 0.15) is 11.5 Å². The van der Waals surface area contributed by atoms with Crippen LogP contribution in [0, 0.1) is 0 Å². The van der Waals surface area contributed by atoms with E-state index in [1.54, 1.807) is 0 Å². The van der Waals surface area contributed by atoms with Crippen LogP contribution in [0.15, 0.2) is 22.7 Å². The number of piperazine rings is 1. The monoisotopic (exact) mass is 290 g/mol. The highest BCUT2D eigenvalue weighted by molar-refractivity contribution is 5.64. The molecule has 1 aromatic heterocycles. The van der Waals surface area contributed by atoms with Crippen molar-refractivity contribution in [2.24, 2.45) is 0 Å². The molecule has 1 aromatic carbocycles. The van der Waals surface area contributed by atoms with Gasteiger partial charge in [0.2, 0.25) is 0 Å². The summed E-state index contributed by atoms with van der Waals surface area (Å²) in [6.45, 7) is 2.76. The van der Waals surface area contributed by atoms with Gasteiger partial charge in [0, 0.05) is 19.6 Å². The number of rotatable bonds is 2. The first kappa shape index (κ1) is 13.8. The molecule has 0 amide bonds. The number of nitrogens with zero attached hydrogens (tertiary/aromatic N) is 4. The average Bonchev–Trinajstić information content (AvgIpc) is 2.93. The van der Waals surface area contributed by atoms with Crippen LogP contribution in [0.2, 0.25) is 0 Å². The number of benzene rings is 1. The Balaban J connectivity index is 1.91. The molecule has 0 radical (unpaired) electrons. The number of hydrogen-bond acceptors (Lipinski definition) is 7. The fourth-order valence-corrected chi connectivity index (χ4v) is 2.46. The molecule has 1 saturated heterocycles. The Morgan fingerprint density at radius 3 is 2.86 bits per heavy atom. The summed E-state index contributed by atoms with van der Waals surface area (Å²) in [7, 11) is 4.08. The Kier molecular flexibility index (Phi) is 3.52. The second kappa shape index (κ2) is 5.34. The Morgan fingerprint density at radius 1 is 1.24 bits per heavy atom. The summed E-state index contributed by atoms with van der Waals surface area (Å²) in [6, 6.07) is 4.26. The van der Waals surface area contributed by atoms with E-state index in [0.717, 1.165) is 19.6 Å². The van der Waals surface area contributed by atoms with Crippen LogP contribution in [-0.2, 0) is 0 Å². The van der Waals surface area contributed by atoms with Crippen molar-refractivity contribution in [3.63, 3.8) is 0 Å². The number of aromatic nitrogens is 2. The second-order valence-corrected chi connectivity index (χ2v) is 5.42. The molecule has 112 valence electrons. The average molecular weight is 290 g/mol. The normalized spacial score (nSPS) is 20.8. The fraction of sp³-hybridized carbons (Fsp3) is 0.429. The predicted octanol–water partition coefficient (Wildman–Crippen LogP) is 1.07. The molecule has 1 atom stereocenters. The fourth-order valence-electron chi connectivity index (χ4n) is 2.46. The van der Waals surface area contributed by atoms with Gasteiger partial charge in [-0.2, -0.15) is 4.98 Å². The van der Waals surface area contributed by atoms with E-state index < -0.39 is 0 Å². The van der Waals surface area contributed by atoms with Crippen molar-refractivity contribution in [3.05, 3.63) is 24.0 Å². The van der Waals surface area contributed by atoms with Gasteiger partial charge in [-0.15, -0.1) is 0 Å². The standard InChI is InChI=1S/C14H18N4O3/c1-17-5-6-18(2)11(8-17)13-15-14(21-16-13)10-7-9(19)3-4-12(10)20/h3-4,7,11,19-20H,5-6,8H2,1-2H3. The van der Waals surface area contributed by atoms with E-state index in [4.69, 9.17) is 4.52 Å². The smallest absolute Gasteiger partial charge is 0.261 e. The SMILES string of the molecule is CN1CCN(C)C(c2noc(-c3cc(O)ccc3O)n2)C1. The van der Waals surface area contributed by atoms with Gasteiger partial charge >= 0.3 is 0 Å². The predicted molar refractivity (Wildman–Crippen MR) is 75.9 cm³/mol. The van der Waals surface area contributed by atoms with Crippen LogP contribution in [0.3, 0.4) is 0 Å². The maximum Gasteiger partial charge on any atom is 0.261 e. The molecule has 1 unspecified atom stereocenters. The first-order valence-corrected chi connectivity index (χ1v) is 6.79. The van der Waals surface area contributed by atoms with Crippen molar-refractivity contribution in [1.29, 1.82) is 0 Å². The number of phenolic OH excluding ortho intramolecular Hbond substituents is 2. The molecular weight excluding hydrogens is 272 g/mol. The van der Waals surface area contributed by atoms with Crippen LogP contribution in [0.5, 0.6) is 11.5 Å². The van der Waals surface area contributed by atoms with Gasteiger partial charge in [0.25, 0.3) is 5.89 Å². The summed E-state index contributed by atoms with van der Waals surface area (Å²) in [5, 5.41) is 23.4. The zero-order chi connectivity index (χ0) is 15.0. The Hall–Kier alpha value is -2.12.